The molecule has 0 saturated heterocycles. The number of fused-ring (bicyclic) bond motifs is 4. The van der Waals surface area contributed by atoms with E-state index in [9.17, 15) is 0 Å². The maximum Gasteiger partial charge on any atom is -0.0251 e. The van der Waals surface area contributed by atoms with Gasteiger partial charge in [-0.3, -0.25) is 0 Å². The molecule has 8 aromatic rings. The van der Waals surface area contributed by atoms with Gasteiger partial charge in [0.15, 0.2) is 0 Å². The van der Waals surface area contributed by atoms with Crippen LogP contribution in [-0.4, -0.2) is 10.9 Å². The second-order valence-corrected chi connectivity index (χ2v) is 43.4. The van der Waals surface area contributed by atoms with Crippen LogP contribution < -0.4 is 24.8 Å². The summed E-state index contributed by atoms with van der Waals surface area (Å²) in [6.07, 6.45) is 28.2. The first-order valence-corrected chi connectivity index (χ1v) is 42.6. The van der Waals surface area contributed by atoms with Crippen LogP contribution in [-0.2, 0) is 46.7 Å². The van der Waals surface area contributed by atoms with Gasteiger partial charge in [0.05, 0.1) is 0 Å². The second kappa shape index (κ2) is 32.8. The first-order chi connectivity index (χ1) is 36.5. The molecule has 8 aromatic carbocycles. The zero-order chi connectivity index (χ0) is 54.5. The topological polar surface area (TPSA) is 0 Å². The molecule has 4 saturated carbocycles. The third-order valence-electron chi connectivity index (χ3n) is 17.3. The molecule has 78 heavy (non-hydrogen) atoms. The SMILES string of the molecule is C[Si](C)=[Zr+2].C[Si](C)=[Zr+2].Cc1cc2c(C3CCCCC3)ccc(C)c2[cH-]1.Cc1cc2c(C3CCCCC3)ccc(C)c2[cH-]1.Cc1cc2c(C3CCCCC3)ccc(C)c2[cH-]1.Cc1cc2c(C3CCCCC3)ccc(C)c2[cH-]1.[Cl-].[Cl-]. The Kier molecular flexibility index (Phi) is 28.1. The molecule has 4 aliphatic rings. The molecule has 0 heterocycles. The number of rotatable bonds is 4. The summed E-state index contributed by atoms with van der Waals surface area (Å²) in [6.45, 7) is 27.0. The fourth-order valence-corrected chi connectivity index (χ4v) is 13.5. The van der Waals surface area contributed by atoms with Crippen molar-refractivity contribution in [3.63, 3.8) is 0 Å². The van der Waals surface area contributed by atoms with Crippen molar-refractivity contribution in [2.75, 3.05) is 0 Å². The molecule has 6 heteroatoms. The summed E-state index contributed by atoms with van der Waals surface area (Å²) in [5, 5.41) is 12.0. The summed E-state index contributed by atoms with van der Waals surface area (Å²) in [4.78, 5) is 0. The fourth-order valence-electron chi connectivity index (χ4n) is 13.5. The van der Waals surface area contributed by atoms with Crippen LogP contribution in [0.1, 0.15) is 219 Å². The van der Waals surface area contributed by atoms with Crippen LogP contribution in [0.25, 0.3) is 43.1 Å². The summed E-state index contributed by atoms with van der Waals surface area (Å²) >= 11 is 3.48. The largest absolute Gasteiger partial charge is 1.00 e. The van der Waals surface area contributed by atoms with Crippen LogP contribution in [0, 0.1) is 55.4 Å². The minimum absolute atomic E-state index is 0. The van der Waals surface area contributed by atoms with E-state index in [0.717, 1.165) is 23.7 Å². The number of benzene rings is 4. The van der Waals surface area contributed by atoms with Crippen molar-refractivity contribution in [1.29, 1.82) is 0 Å². The van der Waals surface area contributed by atoms with E-state index < -0.39 is 0 Å². The quantitative estimate of drug-likeness (QED) is 0.122. The molecule has 416 valence electrons. The molecule has 0 spiro atoms. The minimum Gasteiger partial charge on any atom is -1.00 e. The first-order valence-electron chi connectivity index (χ1n) is 30.2. The number of aryl methyl sites for hydroxylation is 8. The normalized spacial score (nSPS) is 16.2. The zero-order valence-corrected chi connectivity index (χ0v) is 58.9. The van der Waals surface area contributed by atoms with E-state index in [4.69, 9.17) is 0 Å². The van der Waals surface area contributed by atoms with Gasteiger partial charge >= 0.3 is 83.7 Å². The molecule has 0 N–H and O–H groups in total. The number of halogens is 2. The molecule has 4 aliphatic carbocycles. The van der Waals surface area contributed by atoms with Gasteiger partial charge < -0.3 is 24.8 Å². The van der Waals surface area contributed by atoms with E-state index in [1.54, 1.807) is 68.9 Å². The third kappa shape index (κ3) is 18.6. The van der Waals surface area contributed by atoms with E-state index in [0.29, 0.717) is 0 Å². The molecule has 0 nitrogen and oxygen atoms in total. The van der Waals surface area contributed by atoms with Crippen LogP contribution in [0.2, 0.25) is 26.2 Å². The summed E-state index contributed by atoms with van der Waals surface area (Å²) in [6, 6.07) is 37.7. The van der Waals surface area contributed by atoms with Gasteiger partial charge in [-0.15, -0.1) is 136 Å². The molecule has 0 radical (unpaired) electrons. The van der Waals surface area contributed by atoms with Crippen molar-refractivity contribution < 1.29 is 71.5 Å². The van der Waals surface area contributed by atoms with Crippen molar-refractivity contribution in [2.45, 2.75) is 234 Å². The Morgan fingerprint density at radius 2 is 0.474 bits per heavy atom. The molecule has 12 rings (SSSR count). The molecule has 0 amide bonds. The fraction of sp³-hybridized carbons (Fsp3) is 0.500. The number of hydrogen-bond acceptors (Lipinski definition) is 0. The van der Waals surface area contributed by atoms with E-state index in [-0.39, 0.29) is 35.7 Å². The molecule has 4 fully saturated rings. The monoisotopic (exact) mass is 1270 g/mol. The van der Waals surface area contributed by atoms with Crippen LogP contribution in [0.3, 0.4) is 0 Å². The predicted molar refractivity (Wildman–Crippen MR) is 334 cm³/mol. The summed E-state index contributed by atoms with van der Waals surface area (Å²) < 4.78 is 0. The van der Waals surface area contributed by atoms with Gasteiger partial charge in [0.25, 0.3) is 0 Å². The Morgan fingerprint density at radius 3 is 0.641 bits per heavy atom. The molecule has 0 aromatic heterocycles. The van der Waals surface area contributed by atoms with Gasteiger partial charge in [0, 0.05) is 0 Å². The van der Waals surface area contributed by atoms with Crippen LogP contribution in [0.15, 0.2) is 97.1 Å². The summed E-state index contributed by atoms with van der Waals surface area (Å²) in [5.41, 5.74) is 18.2. The van der Waals surface area contributed by atoms with Gasteiger partial charge in [-0.05, 0) is 75.0 Å². The van der Waals surface area contributed by atoms with Crippen molar-refractivity contribution in [2.24, 2.45) is 0 Å². The van der Waals surface area contributed by atoms with Gasteiger partial charge in [-0.2, -0.15) is 24.3 Å². The van der Waals surface area contributed by atoms with E-state index in [2.05, 4.69) is 179 Å². The molecule has 0 bridgehead atoms. The molecule has 0 aliphatic heterocycles. The van der Waals surface area contributed by atoms with E-state index >= 15 is 0 Å². The molecule has 0 unspecified atom stereocenters. The first kappa shape index (κ1) is 66.9. The van der Waals surface area contributed by atoms with Crippen LogP contribution in [0.5, 0.6) is 0 Å². The standard InChI is InChI=1S/4C17H21.2C2H6Si.2ClH.2Zr/c4*1-12-10-16-13(2)8-9-15(17(16)11-12)14-6-4-3-5-7-14;2*1-3-2;;;;/h4*8-11,14H,3-7H2,1-2H3;2*1-2H3;2*1H;;/q4*-1;;;;;2*+2/p-2. The maximum atomic E-state index is 2.38. The minimum atomic E-state index is 0. The average Bonchev–Trinajstić information content (AvgIpc) is 4.22. The Hall–Kier alpha value is -1.90. The van der Waals surface area contributed by atoms with Gasteiger partial charge in [-0.1, -0.05) is 179 Å². The maximum absolute atomic E-state index is 2.38. The Bertz CT molecular complexity index is 2730. The van der Waals surface area contributed by atoms with Crippen molar-refractivity contribution in [3.05, 3.63) is 164 Å². The van der Waals surface area contributed by atoms with E-state index in [1.165, 1.54) is 216 Å². The molecule has 0 atom stereocenters. The van der Waals surface area contributed by atoms with Crippen molar-refractivity contribution in [3.8, 4) is 0 Å². The summed E-state index contributed by atoms with van der Waals surface area (Å²) in [5.74, 6) is 3.25. The summed E-state index contributed by atoms with van der Waals surface area (Å²) in [7, 11) is 0. The van der Waals surface area contributed by atoms with Crippen molar-refractivity contribution in [1.82, 2.24) is 0 Å². The van der Waals surface area contributed by atoms with Crippen molar-refractivity contribution >= 4 is 54.0 Å². The average molecular weight is 1270 g/mol. The predicted octanol–water partition coefficient (Wildman–Crippen LogP) is 16.5. The van der Waals surface area contributed by atoms with E-state index in [1.807, 2.05) is 0 Å². The zero-order valence-electron chi connectivity index (χ0n) is 50.4. The van der Waals surface area contributed by atoms with Gasteiger partial charge in [-0.25, -0.2) is 0 Å². The molecular weight excluding hydrogens is 1170 g/mol. The van der Waals surface area contributed by atoms with Crippen LogP contribution in [0.4, 0.5) is 0 Å². The van der Waals surface area contributed by atoms with Gasteiger partial charge in [0.1, 0.15) is 0 Å². The van der Waals surface area contributed by atoms with Gasteiger partial charge in [0.2, 0.25) is 0 Å². The Balaban J connectivity index is 0.000000181. The third-order valence-corrected chi connectivity index (χ3v) is 17.3. The van der Waals surface area contributed by atoms with Crippen LogP contribution >= 0.6 is 0 Å². The number of hydrogen-bond donors (Lipinski definition) is 0. The Morgan fingerprint density at radius 1 is 0.308 bits per heavy atom. The molecular formula is C72H96Cl2Si2Zr2-2. The Labute approximate surface area is 517 Å². The second-order valence-electron chi connectivity index (χ2n) is 24.7. The smallest absolute Gasteiger partial charge is 0.0251 e.